The summed E-state index contributed by atoms with van der Waals surface area (Å²) in [4.78, 5) is 11.3. The topological polar surface area (TPSA) is 41.6 Å². The molecule has 0 atom stereocenters. The number of benzene rings is 1. The maximum atomic E-state index is 5.07. The lowest BCUT2D eigenvalue weighted by Gasteiger charge is -2.05. The quantitative estimate of drug-likeness (QED) is 0.662. The number of aromatic amines is 1. The van der Waals surface area contributed by atoms with Crippen LogP contribution in [0.5, 0.6) is 0 Å². The van der Waals surface area contributed by atoms with Gasteiger partial charge in [-0.15, -0.1) is 0 Å². The molecule has 0 radical (unpaired) electrons. The second kappa shape index (κ2) is 4.07. The summed E-state index contributed by atoms with van der Waals surface area (Å²) in [7, 11) is 0. The molecule has 0 saturated carbocycles. The van der Waals surface area contributed by atoms with Crippen LogP contribution in [0.4, 0.5) is 0 Å². The molecule has 0 bridgehead atoms. The fraction of sp³-hybridized carbons (Fsp3) is 0. The van der Waals surface area contributed by atoms with E-state index < -0.39 is 0 Å². The second-order valence-electron chi connectivity index (χ2n) is 3.71. The average Bonchev–Trinajstić information content (AvgIpc) is 2.38. The first-order valence-corrected chi connectivity index (χ1v) is 5.63. The third-order valence-corrected chi connectivity index (χ3v) is 2.86. The van der Waals surface area contributed by atoms with E-state index in [1.807, 2.05) is 36.7 Å². The molecule has 0 saturated heterocycles. The highest BCUT2D eigenvalue weighted by molar-refractivity contribution is 7.71. The molecular weight excluding hydrogens is 230 g/mol. The summed E-state index contributed by atoms with van der Waals surface area (Å²) in [5, 5.41) is 2.26. The minimum atomic E-state index is 0.576. The molecule has 0 aliphatic heterocycles. The van der Waals surface area contributed by atoms with E-state index in [1.54, 1.807) is 6.33 Å². The van der Waals surface area contributed by atoms with Crippen molar-refractivity contribution in [3.8, 4) is 11.3 Å². The van der Waals surface area contributed by atoms with E-state index in [0.717, 1.165) is 22.0 Å². The Kier molecular flexibility index (Phi) is 2.42. The van der Waals surface area contributed by atoms with Crippen molar-refractivity contribution < 1.29 is 0 Å². The number of aromatic nitrogens is 3. The third kappa shape index (κ3) is 1.83. The lowest BCUT2D eigenvalue weighted by atomic mass is 10.1. The van der Waals surface area contributed by atoms with Gasteiger partial charge in [-0.3, -0.25) is 4.98 Å². The fourth-order valence-corrected chi connectivity index (χ4v) is 2.03. The van der Waals surface area contributed by atoms with Crippen LogP contribution in [0.15, 0.2) is 49.1 Å². The smallest absolute Gasteiger partial charge is 0.130 e. The predicted molar refractivity (Wildman–Crippen MR) is 70.2 cm³/mol. The van der Waals surface area contributed by atoms with Crippen molar-refractivity contribution in [2.75, 3.05) is 0 Å². The van der Waals surface area contributed by atoms with E-state index in [0.29, 0.717) is 4.64 Å². The first-order chi connectivity index (χ1) is 8.34. The molecule has 1 N–H and O–H groups in total. The molecule has 3 aromatic rings. The molecule has 0 spiro atoms. The second-order valence-corrected chi connectivity index (χ2v) is 4.13. The van der Waals surface area contributed by atoms with Gasteiger partial charge in [0.2, 0.25) is 0 Å². The molecule has 0 fully saturated rings. The van der Waals surface area contributed by atoms with E-state index in [1.165, 1.54) is 0 Å². The van der Waals surface area contributed by atoms with E-state index >= 15 is 0 Å². The standard InChI is InChI=1S/C13H9N3S/c17-13-5-12(15-8-16-13)11-7-14-6-9-3-1-2-4-10(9)11/h1-8H,(H,15,16,17). The van der Waals surface area contributed by atoms with Crippen molar-refractivity contribution in [3.05, 3.63) is 53.7 Å². The lowest BCUT2D eigenvalue weighted by Crippen LogP contribution is -1.88. The normalized spacial score (nSPS) is 10.6. The summed E-state index contributed by atoms with van der Waals surface area (Å²) in [6.45, 7) is 0. The van der Waals surface area contributed by atoms with Crippen LogP contribution in [-0.4, -0.2) is 15.0 Å². The Bertz CT molecular complexity index is 728. The van der Waals surface area contributed by atoms with Crippen LogP contribution in [-0.2, 0) is 0 Å². The molecule has 0 unspecified atom stereocenters. The zero-order chi connectivity index (χ0) is 11.7. The molecule has 0 aliphatic carbocycles. The molecule has 2 heterocycles. The van der Waals surface area contributed by atoms with Crippen molar-refractivity contribution in [2.45, 2.75) is 0 Å². The third-order valence-electron chi connectivity index (χ3n) is 2.64. The van der Waals surface area contributed by atoms with Gasteiger partial charge in [0.15, 0.2) is 0 Å². The highest BCUT2D eigenvalue weighted by Gasteiger charge is 2.03. The average molecular weight is 239 g/mol. The lowest BCUT2D eigenvalue weighted by molar-refractivity contribution is 1.15. The van der Waals surface area contributed by atoms with Crippen LogP contribution in [0.1, 0.15) is 0 Å². The Labute approximate surface area is 103 Å². The van der Waals surface area contributed by atoms with Gasteiger partial charge in [-0.2, -0.15) is 0 Å². The zero-order valence-electron chi connectivity index (χ0n) is 8.92. The molecule has 82 valence electrons. The van der Waals surface area contributed by atoms with E-state index in [4.69, 9.17) is 12.2 Å². The van der Waals surface area contributed by atoms with E-state index in [9.17, 15) is 0 Å². The van der Waals surface area contributed by atoms with E-state index in [2.05, 4.69) is 21.0 Å². The molecule has 0 amide bonds. The number of hydrogen-bond acceptors (Lipinski definition) is 3. The van der Waals surface area contributed by atoms with Gasteiger partial charge in [-0.05, 0) is 11.5 Å². The molecule has 2 aromatic heterocycles. The van der Waals surface area contributed by atoms with Crippen molar-refractivity contribution in [3.63, 3.8) is 0 Å². The number of hydrogen-bond donors (Lipinski definition) is 1. The van der Waals surface area contributed by atoms with Crippen LogP contribution in [0.2, 0.25) is 0 Å². The molecule has 3 nitrogen and oxygen atoms in total. The van der Waals surface area contributed by atoms with Crippen molar-refractivity contribution in [2.24, 2.45) is 0 Å². The van der Waals surface area contributed by atoms with Crippen LogP contribution >= 0.6 is 12.2 Å². The molecular formula is C13H9N3S. The Morgan fingerprint density at radius 2 is 2.00 bits per heavy atom. The minimum absolute atomic E-state index is 0.576. The molecule has 0 aliphatic rings. The Balaban J connectivity index is 2.34. The van der Waals surface area contributed by atoms with Crippen molar-refractivity contribution in [1.82, 2.24) is 15.0 Å². The monoisotopic (exact) mass is 239 g/mol. The van der Waals surface area contributed by atoms with Crippen LogP contribution < -0.4 is 0 Å². The number of fused-ring (bicyclic) bond motifs is 1. The van der Waals surface area contributed by atoms with Crippen LogP contribution in [0.25, 0.3) is 22.0 Å². The number of pyridine rings is 1. The number of H-pyrrole nitrogens is 1. The molecule has 3 rings (SSSR count). The summed E-state index contributed by atoms with van der Waals surface area (Å²) in [5.41, 5.74) is 1.98. The van der Waals surface area contributed by atoms with Gasteiger partial charge in [0.05, 0.1) is 12.0 Å². The van der Waals surface area contributed by atoms with Crippen molar-refractivity contribution in [1.29, 1.82) is 0 Å². The maximum absolute atomic E-state index is 5.07. The van der Waals surface area contributed by atoms with Crippen LogP contribution in [0, 0.1) is 4.64 Å². The summed E-state index contributed by atoms with van der Waals surface area (Å²) >= 11 is 5.07. The van der Waals surface area contributed by atoms with Gasteiger partial charge in [0.25, 0.3) is 0 Å². The molecule has 1 aromatic carbocycles. The van der Waals surface area contributed by atoms with Crippen molar-refractivity contribution >= 4 is 23.0 Å². The van der Waals surface area contributed by atoms with Gasteiger partial charge in [0, 0.05) is 23.3 Å². The van der Waals surface area contributed by atoms with Gasteiger partial charge in [0.1, 0.15) is 4.64 Å². The van der Waals surface area contributed by atoms with Gasteiger partial charge in [-0.1, -0.05) is 36.5 Å². The summed E-state index contributed by atoms with van der Waals surface area (Å²) < 4.78 is 0.576. The first kappa shape index (κ1) is 10.1. The van der Waals surface area contributed by atoms with Crippen LogP contribution in [0.3, 0.4) is 0 Å². The highest BCUT2D eigenvalue weighted by atomic mass is 32.1. The summed E-state index contributed by atoms with van der Waals surface area (Å²) in [5.74, 6) is 0. The zero-order valence-corrected chi connectivity index (χ0v) is 9.74. The Morgan fingerprint density at radius 1 is 1.12 bits per heavy atom. The molecule has 4 heteroatoms. The van der Waals surface area contributed by atoms with Gasteiger partial charge in [-0.25, -0.2) is 4.98 Å². The predicted octanol–water partition coefficient (Wildman–Crippen LogP) is 3.35. The fourth-order valence-electron chi connectivity index (χ4n) is 1.85. The molecule has 17 heavy (non-hydrogen) atoms. The van der Waals surface area contributed by atoms with Gasteiger partial charge >= 0.3 is 0 Å². The Hall–Kier alpha value is -2.07. The number of nitrogens with zero attached hydrogens (tertiary/aromatic N) is 2. The first-order valence-electron chi connectivity index (χ1n) is 5.22. The largest absolute Gasteiger partial charge is 0.346 e. The Morgan fingerprint density at radius 3 is 2.88 bits per heavy atom. The van der Waals surface area contributed by atoms with Gasteiger partial charge < -0.3 is 4.98 Å². The van der Waals surface area contributed by atoms with E-state index in [-0.39, 0.29) is 0 Å². The SMILES string of the molecule is S=c1cc(-c2cncc3ccccc23)[nH]cn1. The highest BCUT2D eigenvalue weighted by Crippen LogP contribution is 2.25. The minimum Gasteiger partial charge on any atom is -0.346 e. The summed E-state index contributed by atoms with van der Waals surface area (Å²) in [6.07, 6.45) is 5.30. The summed E-state index contributed by atoms with van der Waals surface area (Å²) in [6, 6.07) is 9.98. The number of nitrogens with one attached hydrogen (secondary N) is 1. The number of rotatable bonds is 1. The maximum Gasteiger partial charge on any atom is 0.130 e.